The minimum absolute atomic E-state index is 0.229. The Kier molecular flexibility index (Phi) is 5.22. The molecule has 0 amide bonds. The summed E-state index contributed by atoms with van der Waals surface area (Å²) in [6, 6.07) is 9.73. The van der Waals surface area contributed by atoms with E-state index in [1.165, 1.54) is 43.5 Å². The number of piperidine rings is 1. The fourth-order valence-electron chi connectivity index (χ4n) is 3.15. The van der Waals surface area contributed by atoms with Crippen molar-refractivity contribution < 1.29 is 0 Å². The van der Waals surface area contributed by atoms with Crippen molar-refractivity contribution in [1.29, 1.82) is 0 Å². The molecule has 1 heterocycles. The summed E-state index contributed by atoms with van der Waals surface area (Å²) in [5, 5.41) is 0. The monoisotopic (exact) mass is 274 g/mol. The topological polar surface area (TPSA) is 29.3 Å². The normalized spacial score (nSPS) is 19.0. The first-order valence-corrected chi connectivity index (χ1v) is 8.07. The summed E-state index contributed by atoms with van der Waals surface area (Å²) in [5.74, 6) is 0. The third-order valence-corrected chi connectivity index (χ3v) is 4.43. The highest BCUT2D eigenvalue weighted by atomic mass is 15.2. The molecule has 1 aliphatic heterocycles. The minimum Gasteiger partial charge on any atom is -0.330 e. The Bertz CT molecular complexity index is 396. The fourth-order valence-corrected chi connectivity index (χ4v) is 3.15. The first kappa shape index (κ1) is 15.5. The summed E-state index contributed by atoms with van der Waals surface area (Å²) >= 11 is 0. The van der Waals surface area contributed by atoms with Gasteiger partial charge in [-0.05, 0) is 55.4 Å². The van der Waals surface area contributed by atoms with Crippen molar-refractivity contribution >= 4 is 0 Å². The van der Waals surface area contributed by atoms with Gasteiger partial charge in [0.25, 0.3) is 0 Å². The smallest absolute Gasteiger partial charge is 0.0360 e. The third kappa shape index (κ3) is 3.83. The molecule has 1 saturated heterocycles. The Labute approximate surface area is 124 Å². The van der Waals surface area contributed by atoms with E-state index in [1.54, 1.807) is 0 Å². The molecular formula is C18H30N2. The molecule has 0 saturated carbocycles. The van der Waals surface area contributed by atoms with E-state index in [0.717, 1.165) is 13.0 Å². The van der Waals surface area contributed by atoms with E-state index < -0.39 is 0 Å². The highest BCUT2D eigenvalue weighted by Gasteiger charge is 2.22. The number of hydrogen-bond donors (Lipinski definition) is 1. The Hall–Kier alpha value is -0.860. The molecule has 1 aliphatic rings. The minimum atomic E-state index is 0.229. The van der Waals surface area contributed by atoms with Gasteiger partial charge in [-0.1, -0.05) is 51.5 Å². The first-order valence-electron chi connectivity index (χ1n) is 8.07. The maximum atomic E-state index is 5.85. The largest absolute Gasteiger partial charge is 0.330 e. The second-order valence-corrected chi connectivity index (χ2v) is 7.06. The van der Waals surface area contributed by atoms with E-state index in [1.807, 2.05) is 0 Å². The van der Waals surface area contributed by atoms with Crippen LogP contribution in [0.2, 0.25) is 0 Å². The zero-order chi connectivity index (χ0) is 14.6. The predicted molar refractivity (Wildman–Crippen MR) is 87.0 cm³/mol. The maximum Gasteiger partial charge on any atom is 0.0360 e. The van der Waals surface area contributed by atoms with Gasteiger partial charge >= 0.3 is 0 Å². The quantitative estimate of drug-likeness (QED) is 0.903. The van der Waals surface area contributed by atoms with Crippen LogP contribution >= 0.6 is 0 Å². The van der Waals surface area contributed by atoms with Crippen LogP contribution in [-0.2, 0) is 5.41 Å². The van der Waals surface area contributed by atoms with Crippen molar-refractivity contribution in [3.63, 3.8) is 0 Å². The molecule has 20 heavy (non-hydrogen) atoms. The van der Waals surface area contributed by atoms with Gasteiger partial charge in [0.1, 0.15) is 0 Å². The molecule has 0 aliphatic carbocycles. The van der Waals surface area contributed by atoms with Crippen LogP contribution in [0.1, 0.15) is 63.6 Å². The molecule has 112 valence electrons. The lowest BCUT2D eigenvalue weighted by molar-refractivity contribution is 0.157. The summed E-state index contributed by atoms with van der Waals surface area (Å²) in [6.45, 7) is 10.0. The predicted octanol–water partition coefficient (Wildman–Crippen LogP) is 3.86. The van der Waals surface area contributed by atoms with Crippen molar-refractivity contribution in [3.8, 4) is 0 Å². The molecular weight excluding hydrogens is 244 g/mol. The molecule has 0 bridgehead atoms. The number of hydrogen-bond acceptors (Lipinski definition) is 2. The molecule has 0 aromatic heterocycles. The molecule has 2 nitrogen and oxygen atoms in total. The number of nitrogens with zero attached hydrogens (tertiary/aromatic N) is 1. The highest BCUT2D eigenvalue weighted by Crippen LogP contribution is 2.29. The summed E-state index contributed by atoms with van der Waals surface area (Å²) in [7, 11) is 0. The van der Waals surface area contributed by atoms with Crippen molar-refractivity contribution in [2.45, 2.75) is 57.9 Å². The van der Waals surface area contributed by atoms with Crippen LogP contribution in [0, 0.1) is 0 Å². The average Bonchev–Trinajstić information content (AvgIpc) is 2.45. The van der Waals surface area contributed by atoms with Gasteiger partial charge < -0.3 is 5.73 Å². The van der Waals surface area contributed by atoms with Gasteiger partial charge in [0.15, 0.2) is 0 Å². The molecule has 1 aromatic rings. The molecule has 1 fully saturated rings. The SMILES string of the molecule is CC(C)(C)c1ccc(C(CCN)N2CCCCC2)cc1. The van der Waals surface area contributed by atoms with E-state index in [-0.39, 0.29) is 5.41 Å². The van der Waals surface area contributed by atoms with Crippen LogP contribution in [-0.4, -0.2) is 24.5 Å². The maximum absolute atomic E-state index is 5.85. The van der Waals surface area contributed by atoms with E-state index in [9.17, 15) is 0 Å². The van der Waals surface area contributed by atoms with E-state index in [4.69, 9.17) is 5.73 Å². The zero-order valence-corrected chi connectivity index (χ0v) is 13.4. The van der Waals surface area contributed by atoms with Crippen LogP contribution in [0.4, 0.5) is 0 Å². The molecule has 0 radical (unpaired) electrons. The van der Waals surface area contributed by atoms with E-state index >= 15 is 0 Å². The summed E-state index contributed by atoms with van der Waals surface area (Å²) in [4.78, 5) is 2.63. The van der Waals surface area contributed by atoms with E-state index in [0.29, 0.717) is 6.04 Å². The zero-order valence-electron chi connectivity index (χ0n) is 13.4. The first-order chi connectivity index (χ1) is 9.52. The van der Waals surface area contributed by atoms with Gasteiger partial charge in [0.2, 0.25) is 0 Å². The second-order valence-electron chi connectivity index (χ2n) is 7.06. The second kappa shape index (κ2) is 6.73. The van der Waals surface area contributed by atoms with Crippen molar-refractivity contribution in [3.05, 3.63) is 35.4 Å². The lowest BCUT2D eigenvalue weighted by Gasteiger charge is -2.35. The number of rotatable bonds is 4. The van der Waals surface area contributed by atoms with Crippen LogP contribution in [0.15, 0.2) is 24.3 Å². The standard InChI is InChI=1S/C18H30N2/c1-18(2,3)16-9-7-15(8-10-16)17(11-12-19)20-13-5-4-6-14-20/h7-10,17H,4-6,11-14,19H2,1-3H3. The molecule has 2 heteroatoms. The van der Waals surface area contributed by atoms with Crippen molar-refractivity contribution in [2.75, 3.05) is 19.6 Å². The van der Waals surface area contributed by atoms with Gasteiger partial charge in [0, 0.05) is 6.04 Å². The van der Waals surface area contributed by atoms with Gasteiger partial charge in [0.05, 0.1) is 0 Å². The Morgan fingerprint density at radius 2 is 1.65 bits per heavy atom. The Morgan fingerprint density at radius 3 is 2.15 bits per heavy atom. The van der Waals surface area contributed by atoms with Gasteiger partial charge in [-0.25, -0.2) is 0 Å². The molecule has 0 spiro atoms. The molecule has 2 rings (SSSR count). The van der Waals surface area contributed by atoms with Gasteiger partial charge in [-0.3, -0.25) is 4.90 Å². The van der Waals surface area contributed by atoms with E-state index in [2.05, 4.69) is 49.9 Å². The fraction of sp³-hybridized carbons (Fsp3) is 0.667. The number of likely N-dealkylation sites (tertiary alicyclic amines) is 1. The Morgan fingerprint density at radius 1 is 1.05 bits per heavy atom. The lowest BCUT2D eigenvalue weighted by atomic mass is 9.86. The highest BCUT2D eigenvalue weighted by molar-refractivity contribution is 5.29. The van der Waals surface area contributed by atoms with Crippen LogP contribution in [0.5, 0.6) is 0 Å². The average molecular weight is 274 g/mol. The summed E-state index contributed by atoms with van der Waals surface area (Å²) in [5.41, 5.74) is 8.92. The van der Waals surface area contributed by atoms with Gasteiger partial charge in [-0.15, -0.1) is 0 Å². The van der Waals surface area contributed by atoms with Crippen molar-refractivity contribution in [1.82, 2.24) is 4.90 Å². The third-order valence-electron chi connectivity index (χ3n) is 4.43. The van der Waals surface area contributed by atoms with Crippen LogP contribution in [0.25, 0.3) is 0 Å². The number of nitrogens with two attached hydrogens (primary N) is 1. The number of benzene rings is 1. The molecule has 2 N–H and O–H groups in total. The van der Waals surface area contributed by atoms with Crippen molar-refractivity contribution in [2.24, 2.45) is 5.73 Å². The summed E-state index contributed by atoms with van der Waals surface area (Å²) < 4.78 is 0. The summed E-state index contributed by atoms with van der Waals surface area (Å²) in [6.07, 6.45) is 5.12. The lowest BCUT2D eigenvalue weighted by Crippen LogP contribution is -2.34. The van der Waals surface area contributed by atoms with Crippen LogP contribution < -0.4 is 5.73 Å². The van der Waals surface area contributed by atoms with Gasteiger partial charge in [-0.2, -0.15) is 0 Å². The molecule has 1 unspecified atom stereocenters. The van der Waals surface area contributed by atoms with Crippen LogP contribution in [0.3, 0.4) is 0 Å². The molecule has 1 atom stereocenters. The molecule has 1 aromatic carbocycles. The Balaban J connectivity index is 2.16.